The molecule has 0 saturated carbocycles. The molecule has 0 fully saturated rings. The maximum atomic E-state index is 13.5. The first-order chi connectivity index (χ1) is 8.16. The summed E-state index contributed by atoms with van der Waals surface area (Å²) in [4.78, 5) is 0. The van der Waals surface area contributed by atoms with Crippen LogP contribution in [0.25, 0.3) is 11.1 Å². The van der Waals surface area contributed by atoms with Gasteiger partial charge in [0.2, 0.25) is 0 Å². The van der Waals surface area contributed by atoms with Crippen LogP contribution in [0.5, 0.6) is 5.75 Å². The van der Waals surface area contributed by atoms with Gasteiger partial charge in [0.25, 0.3) is 0 Å². The average Bonchev–Trinajstić information content (AvgIpc) is 2.30. The third kappa shape index (κ3) is 2.84. The number of halogens is 1. The average molecular weight is 229 g/mol. The monoisotopic (exact) mass is 229 g/mol. The molecule has 0 amide bonds. The van der Waals surface area contributed by atoms with Gasteiger partial charge in [0.15, 0.2) is 0 Å². The van der Waals surface area contributed by atoms with Crippen molar-refractivity contribution in [3.05, 3.63) is 54.3 Å². The van der Waals surface area contributed by atoms with Gasteiger partial charge in [0.05, 0.1) is 6.10 Å². The molecule has 0 heterocycles. The van der Waals surface area contributed by atoms with Crippen molar-refractivity contribution >= 4 is 0 Å². The Bertz CT molecular complexity index is 489. The van der Waals surface area contributed by atoms with Gasteiger partial charge < -0.3 is 4.74 Å². The van der Waals surface area contributed by atoms with Crippen LogP contribution in [0.1, 0.15) is 13.8 Å². The molecule has 0 aliphatic heterocycles. The van der Waals surface area contributed by atoms with Crippen molar-refractivity contribution in [2.24, 2.45) is 0 Å². The van der Waals surface area contributed by atoms with E-state index in [1.54, 1.807) is 18.2 Å². The third-order valence-corrected chi connectivity index (χ3v) is 2.34. The molecule has 1 nitrogen and oxygen atoms in total. The van der Waals surface area contributed by atoms with Crippen molar-refractivity contribution in [1.29, 1.82) is 0 Å². The summed E-state index contributed by atoms with van der Waals surface area (Å²) in [7, 11) is 0. The first-order valence-electron chi connectivity index (χ1n) is 5.60. The van der Waals surface area contributed by atoms with E-state index in [2.05, 4.69) is 6.07 Å². The third-order valence-electron chi connectivity index (χ3n) is 2.34. The second-order valence-corrected chi connectivity index (χ2v) is 4.09. The van der Waals surface area contributed by atoms with Crippen LogP contribution >= 0.6 is 0 Å². The molecule has 0 aliphatic rings. The van der Waals surface area contributed by atoms with Crippen molar-refractivity contribution in [1.82, 2.24) is 0 Å². The fourth-order valence-electron chi connectivity index (χ4n) is 1.62. The normalized spacial score (nSPS) is 10.6. The molecule has 2 aromatic rings. The molecule has 0 bridgehead atoms. The molecule has 17 heavy (non-hydrogen) atoms. The van der Waals surface area contributed by atoms with E-state index in [1.807, 2.05) is 38.1 Å². The minimum atomic E-state index is -0.329. The standard InChI is InChI=1S/C15H14FO/c1-11(2)17-13-9-7-12(8-10-13)14-5-3-4-6-15(14)16/h3-5,7-11H,1-2H3. The highest BCUT2D eigenvalue weighted by molar-refractivity contribution is 5.64. The Balaban J connectivity index is 2.27. The van der Waals surface area contributed by atoms with Crippen molar-refractivity contribution in [3.63, 3.8) is 0 Å². The Hall–Kier alpha value is -1.83. The van der Waals surface area contributed by atoms with Crippen LogP contribution in [0.3, 0.4) is 0 Å². The molecule has 0 atom stereocenters. The molecule has 2 aromatic carbocycles. The van der Waals surface area contributed by atoms with Crippen molar-refractivity contribution in [3.8, 4) is 16.9 Å². The summed E-state index contributed by atoms with van der Waals surface area (Å²) in [6, 6.07) is 15.0. The highest BCUT2D eigenvalue weighted by Crippen LogP contribution is 2.24. The number of hydrogen-bond acceptors (Lipinski definition) is 1. The number of benzene rings is 2. The van der Waals surface area contributed by atoms with Gasteiger partial charge in [-0.3, -0.25) is 0 Å². The van der Waals surface area contributed by atoms with Crippen LogP contribution in [-0.2, 0) is 0 Å². The molecule has 0 aromatic heterocycles. The summed E-state index contributed by atoms with van der Waals surface area (Å²) >= 11 is 0. The maximum absolute atomic E-state index is 13.5. The van der Waals surface area contributed by atoms with Crippen molar-refractivity contribution < 1.29 is 9.13 Å². The first-order valence-corrected chi connectivity index (χ1v) is 5.60. The first kappa shape index (κ1) is 11.6. The lowest BCUT2D eigenvalue weighted by molar-refractivity contribution is 0.242. The summed E-state index contributed by atoms with van der Waals surface area (Å²) < 4.78 is 19.0. The minimum absolute atomic E-state index is 0.141. The summed E-state index contributed by atoms with van der Waals surface area (Å²) in [5, 5.41) is 0. The molecule has 2 rings (SSSR count). The van der Waals surface area contributed by atoms with Gasteiger partial charge in [-0.15, -0.1) is 0 Å². The van der Waals surface area contributed by atoms with E-state index < -0.39 is 0 Å². The highest BCUT2D eigenvalue weighted by atomic mass is 19.1. The second kappa shape index (κ2) is 5.00. The van der Waals surface area contributed by atoms with Gasteiger partial charge in [-0.1, -0.05) is 30.3 Å². The van der Waals surface area contributed by atoms with Crippen LogP contribution in [0.4, 0.5) is 4.39 Å². The molecule has 0 aliphatic carbocycles. The molecule has 0 spiro atoms. The minimum Gasteiger partial charge on any atom is -0.491 e. The second-order valence-electron chi connectivity index (χ2n) is 4.09. The fraction of sp³-hybridized carbons (Fsp3) is 0.200. The maximum Gasteiger partial charge on any atom is 0.138 e. The van der Waals surface area contributed by atoms with Crippen LogP contribution in [0, 0.1) is 11.9 Å². The smallest absolute Gasteiger partial charge is 0.138 e. The molecule has 2 heteroatoms. The SMILES string of the molecule is CC(C)Oc1ccc(-c2ccc[c]c2F)cc1. The molecule has 0 N–H and O–H groups in total. The molecule has 0 saturated heterocycles. The number of hydrogen-bond donors (Lipinski definition) is 0. The Morgan fingerprint density at radius 2 is 1.82 bits per heavy atom. The molecular weight excluding hydrogens is 215 g/mol. The van der Waals surface area contributed by atoms with Crippen LogP contribution in [0.2, 0.25) is 0 Å². The van der Waals surface area contributed by atoms with E-state index in [0.717, 1.165) is 11.3 Å². The van der Waals surface area contributed by atoms with E-state index in [9.17, 15) is 4.39 Å². The highest BCUT2D eigenvalue weighted by Gasteiger charge is 2.04. The molecule has 1 radical (unpaired) electrons. The Morgan fingerprint density at radius 3 is 2.41 bits per heavy atom. The number of ether oxygens (including phenoxy) is 1. The number of rotatable bonds is 3. The zero-order valence-electron chi connectivity index (χ0n) is 9.91. The van der Waals surface area contributed by atoms with Crippen LogP contribution < -0.4 is 4.74 Å². The van der Waals surface area contributed by atoms with Gasteiger partial charge >= 0.3 is 0 Å². The zero-order chi connectivity index (χ0) is 12.3. The van der Waals surface area contributed by atoms with E-state index in [4.69, 9.17) is 4.74 Å². The summed E-state index contributed by atoms with van der Waals surface area (Å²) in [5.74, 6) is 0.467. The van der Waals surface area contributed by atoms with Gasteiger partial charge in [0, 0.05) is 11.6 Å². The van der Waals surface area contributed by atoms with Crippen molar-refractivity contribution in [2.75, 3.05) is 0 Å². The lowest BCUT2D eigenvalue weighted by Crippen LogP contribution is -2.05. The summed E-state index contributed by atoms with van der Waals surface area (Å²) in [5.41, 5.74) is 1.39. The van der Waals surface area contributed by atoms with Crippen molar-refractivity contribution in [2.45, 2.75) is 20.0 Å². The van der Waals surface area contributed by atoms with Crippen LogP contribution in [-0.4, -0.2) is 6.10 Å². The van der Waals surface area contributed by atoms with E-state index in [-0.39, 0.29) is 11.9 Å². The molecular formula is C15H14FO. The summed E-state index contributed by atoms with van der Waals surface area (Å²) in [6.07, 6.45) is 0.141. The van der Waals surface area contributed by atoms with E-state index in [1.165, 1.54) is 0 Å². The molecule has 87 valence electrons. The topological polar surface area (TPSA) is 9.23 Å². The lowest BCUT2D eigenvalue weighted by Gasteiger charge is -2.10. The Kier molecular flexibility index (Phi) is 3.43. The van der Waals surface area contributed by atoms with E-state index in [0.29, 0.717) is 5.56 Å². The lowest BCUT2D eigenvalue weighted by atomic mass is 10.1. The van der Waals surface area contributed by atoms with Crippen LogP contribution in [0.15, 0.2) is 42.5 Å². The predicted molar refractivity (Wildman–Crippen MR) is 66.4 cm³/mol. The predicted octanol–water partition coefficient (Wildman–Crippen LogP) is 4.08. The van der Waals surface area contributed by atoms with E-state index >= 15 is 0 Å². The summed E-state index contributed by atoms with van der Waals surface area (Å²) in [6.45, 7) is 3.94. The molecule has 0 unspecified atom stereocenters. The largest absolute Gasteiger partial charge is 0.491 e. The fourth-order valence-corrected chi connectivity index (χ4v) is 1.62. The zero-order valence-corrected chi connectivity index (χ0v) is 9.91. The quantitative estimate of drug-likeness (QED) is 0.770. The van der Waals surface area contributed by atoms with Gasteiger partial charge in [-0.05, 0) is 31.5 Å². The Morgan fingerprint density at radius 1 is 1.12 bits per heavy atom. The van der Waals surface area contributed by atoms with Gasteiger partial charge in [-0.2, -0.15) is 0 Å². The van der Waals surface area contributed by atoms with Gasteiger partial charge in [0.1, 0.15) is 11.6 Å². The Labute approximate surface area is 101 Å². The van der Waals surface area contributed by atoms with Gasteiger partial charge in [-0.25, -0.2) is 4.39 Å².